The van der Waals surface area contributed by atoms with Crippen LogP contribution in [0.4, 0.5) is 4.39 Å². The van der Waals surface area contributed by atoms with Crippen molar-refractivity contribution in [1.29, 1.82) is 0 Å². The Morgan fingerprint density at radius 2 is 1.54 bits per heavy atom. The van der Waals surface area contributed by atoms with Crippen molar-refractivity contribution in [2.75, 3.05) is 13.7 Å². The van der Waals surface area contributed by atoms with Gasteiger partial charge in [0, 0.05) is 0 Å². The number of halogens is 1. The maximum absolute atomic E-state index is 13.6. The Morgan fingerprint density at radius 1 is 0.927 bits per heavy atom. The smallest absolute Gasteiger partial charge is 0.328 e. The summed E-state index contributed by atoms with van der Waals surface area (Å²) in [4.78, 5) is 39.2. The highest BCUT2D eigenvalue weighted by Crippen LogP contribution is 2.16. The molecular formula is C30H38FN3O6S. The summed E-state index contributed by atoms with van der Waals surface area (Å²) in [7, 11) is -0.650. The summed E-state index contributed by atoms with van der Waals surface area (Å²) >= 11 is 0. The fraction of sp³-hybridized carbons (Fsp3) is 0.367. The van der Waals surface area contributed by atoms with Crippen LogP contribution in [0.2, 0.25) is 0 Å². The highest BCUT2D eigenvalue weighted by molar-refractivity contribution is 7.83. The molecule has 0 fully saturated rings. The lowest BCUT2D eigenvalue weighted by molar-refractivity contribution is -0.145. The van der Waals surface area contributed by atoms with Crippen molar-refractivity contribution >= 4 is 28.8 Å². The molecule has 0 aliphatic heterocycles. The molecule has 0 aliphatic rings. The van der Waals surface area contributed by atoms with Crippen molar-refractivity contribution in [3.63, 3.8) is 0 Å². The van der Waals surface area contributed by atoms with Crippen LogP contribution in [0.1, 0.15) is 32.3 Å². The predicted octanol–water partition coefficient (Wildman–Crippen LogP) is 3.38. The lowest BCUT2D eigenvalue weighted by Crippen LogP contribution is -2.56. The van der Waals surface area contributed by atoms with Crippen molar-refractivity contribution in [2.24, 2.45) is 5.92 Å². The first-order valence-corrected chi connectivity index (χ1v) is 14.3. The second kappa shape index (κ2) is 17.1. The van der Waals surface area contributed by atoms with E-state index < -0.39 is 52.7 Å². The molecule has 0 radical (unpaired) electrons. The molecule has 2 rings (SSSR count). The second-order valence-corrected chi connectivity index (χ2v) is 10.9. The molecule has 4 atom stereocenters. The summed E-state index contributed by atoms with van der Waals surface area (Å²) in [6, 6.07) is 9.13. The average Bonchev–Trinajstić information content (AvgIpc) is 2.95. The van der Waals surface area contributed by atoms with E-state index in [1.807, 2.05) is 13.8 Å². The van der Waals surface area contributed by atoms with E-state index in [1.54, 1.807) is 30.3 Å². The minimum Gasteiger partial charge on any atom is -0.490 e. The van der Waals surface area contributed by atoms with Crippen LogP contribution in [-0.4, -0.2) is 53.8 Å². The maximum atomic E-state index is 13.6. The van der Waals surface area contributed by atoms with Crippen LogP contribution in [0.5, 0.6) is 5.75 Å². The zero-order valence-corrected chi connectivity index (χ0v) is 24.4. The van der Waals surface area contributed by atoms with Gasteiger partial charge in [-0.3, -0.25) is 9.59 Å². The maximum Gasteiger partial charge on any atom is 0.328 e. The number of nitrogens with one attached hydrogen (secondary N) is 3. The molecule has 0 bridgehead atoms. The first kappa shape index (κ1) is 33.4. The van der Waals surface area contributed by atoms with Crippen molar-refractivity contribution in [1.82, 2.24) is 15.4 Å². The molecule has 9 nitrogen and oxygen atoms in total. The number of benzene rings is 2. The number of rotatable bonds is 17. The molecule has 0 saturated heterocycles. The number of hydrogen-bond acceptors (Lipinski definition) is 6. The monoisotopic (exact) mass is 587 g/mol. The molecule has 2 aromatic carbocycles. The Hall–Kier alpha value is -3.83. The van der Waals surface area contributed by atoms with Gasteiger partial charge in [-0.25, -0.2) is 18.1 Å². The number of carbonyl (C=O) groups excluding carboxylic acids is 3. The molecule has 3 N–H and O–H groups in total. The molecule has 1 unspecified atom stereocenters. The quantitative estimate of drug-likeness (QED) is 0.193. The number of amides is 2. The number of esters is 1. The summed E-state index contributed by atoms with van der Waals surface area (Å²) in [5.41, 5.74) is 0.737. The van der Waals surface area contributed by atoms with E-state index in [1.165, 1.54) is 37.5 Å². The largest absolute Gasteiger partial charge is 0.490 e. The lowest BCUT2D eigenvalue weighted by atomic mass is 10.0. The molecule has 2 amide bonds. The van der Waals surface area contributed by atoms with E-state index in [0.29, 0.717) is 12.4 Å². The van der Waals surface area contributed by atoms with Crippen LogP contribution >= 0.6 is 0 Å². The first-order valence-electron chi connectivity index (χ1n) is 13.1. The summed E-state index contributed by atoms with van der Waals surface area (Å²) in [5.74, 6) is -1.63. The third kappa shape index (κ3) is 11.3. The molecule has 0 heterocycles. The van der Waals surface area contributed by atoms with Crippen molar-refractivity contribution in [2.45, 2.75) is 56.1 Å². The molecule has 0 spiro atoms. The summed E-state index contributed by atoms with van der Waals surface area (Å²) in [6.07, 6.45) is 3.66. The summed E-state index contributed by atoms with van der Waals surface area (Å²) in [6.45, 7) is 11.3. The minimum absolute atomic E-state index is 0.0184. The van der Waals surface area contributed by atoms with Crippen LogP contribution in [0.15, 0.2) is 78.7 Å². The van der Waals surface area contributed by atoms with E-state index in [2.05, 4.69) is 28.5 Å². The van der Waals surface area contributed by atoms with Gasteiger partial charge in [0.15, 0.2) is 0 Å². The van der Waals surface area contributed by atoms with E-state index in [-0.39, 0.29) is 30.1 Å². The second-order valence-electron chi connectivity index (χ2n) is 9.64. The Balaban J connectivity index is 2.29. The zero-order valence-electron chi connectivity index (χ0n) is 23.6. The van der Waals surface area contributed by atoms with E-state index in [4.69, 9.17) is 9.47 Å². The molecule has 222 valence electrons. The highest BCUT2D eigenvalue weighted by atomic mass is 32.2. The van der Waals surface area contributed by atoms with Crippen LogP contribution < -0.4 is 20.1 Å². The van der Waals surface area contributed by atoms with Crippen molar-refractivity contribution < 1.29 is 32.5 Å². The van der Waals surface area contributed by atoms with Crippen molar-refractivity contribution in [3.05, 3.63) is 85.2 Å². The Morgan fingerprint density at radius 3 is 2.10 bits per heavy atom. The van der Waals surface area contributed by atoms with Crippen LogP contribution in [0.25, 0.3) is 0 Å². The molecule has 41 heavy (non-hydrogen) atoms. The lowest BCUT2D eigenvalue weighted by Gasteiger charge is -2.25. The Labute approximate surface area is 243 Å². The zero-order chi connectivity index (χ0) is 30.4. The van der Waals surface area contributed by atoms with Gasteiger partial charge in [0.1, 0.15) is 47.3 Å². The highest BCUT2D eigenvalue weighted by Gasteiger charge is 2.30. The number of carbonyl (C=O) groups is 3. The topological polar surface area (TPSA) is 123 Å². The van der Waals surface area contributed by atoms with Crippen LogP contribution in [0, 0.1) is 11.7 Å². The third-order valence-corrected chi connectivity index (χ3v) is 7.07. The van der Waals surface area contributed by atoms with E-state index in [0.717, 1.165) is 5.56 Å². The van der Waals surface area contributed by atoms with Gasteiger partial charge >= 0.3 is 5.97 Å². The fourth-order valence-corrected chi connectivity index (χ4v) is 4.79. The fourth-order valence-electron chi connectivity index (χ4n) is 3.83. The third-order valence-electron chi connectivity index (χ3n) is 5.87. The molecule has 0 saturated carbocycles. The molecule has 11 heteroatoms. The number of hydrogen-bond donors (Lipinski definition) is 3. The van der Waals surface area contributed by atoms with Gasteiger partial charge in [-0.05, 0) is 67.1 Å². The molecule has 2 aromatic rings. The van der Waals surface area contributed by atoms with Gasteiger partial charge in [0.2, 0.25) is 11.8 Å². The van der Waals surface area contributed by atoms with Crippen molar-refractivity contribution in [3.8, 4) is 5.75 Å². The normalized spacial score (nSPS) is 13.8. The van der Waals surface area contributed by atoms with Crippen LogP contribution in [-0.2, 0) is 36.5 Å². The molecule has 0 aromatic heterocycles. The van der Waals surface area contributed by atoms with Gasteiger partial charge in [-0.1, -0.05) is 44.7 Å². The van der Waals surface area contributed by atoms with E-state index in [9.17, 15) is 23.0 Å². The summed E-state index contributed by atoms with van der Waals surface area (Å²) < 4.78 is 39.6. The van der Waals surface area contributed by atoms with Gasteiger partial charge in [-0.2, -0.15) is 0 Å². The SMILES string of the molecule is C=CCOc1ccc(C[C@H](NS(=O)c2ccc(F)cc2)C(=O)N[C@@H](CC(C)C)C(=O)N[C@@H](CC=C)C(=O)OC)cc1. The van der Waals surface area contributed by atoms with Gasteiger partial charge in [0.25, 0.3) is 0 Å². The Kier molecular flexibility index (Phi) is 13.9. The number of ether oxygens (including phenoxy) is 2. The first-order chi connectivity index (χ1) is 19.6. The van der Waals surface area contributed by atoms with Crippen LogP contribution in [0.3, 0.4) is 0 Å². The van der Waals surface area contributed by atoms with E-state index >= 15 is 0 Å². The van der Waals surface area contributed by atoms with Gasteiger partial charge < -0.3 is 20.1 Å². The minimum atomic E-state index is -1.87. The summed E-state index contributed by atoms with van der Waals surface area (Å²) in [5, 5.41) is 5.38. The molecular weight excluding hydrogens is 549 g/mol. The average molecular weight is 588 g/mol. The number of methoxy groups -OCH3 is 1. The standard InChI is InChI=1S/C30H38FN3O6S/c1-6-8-25(30(37)39-5)32-28(35)26(18-20(3)4)33-29(36)27(34-41(38)24-15-11-22(31)12-16-24)19-21-9-13-23(14-10-21)40-17-7-2/h6-7,9-16,20,25-27,34H,1-2,8,17-19H2,3-5H3,(H,32,35)(H,33,36)/t25-,26-,27-,41?/m0/s1. The molecule has 0 aliphatic carbocycles. The van der Waals surface area contributed by atoms with Gasteiger partial charge in [-0.15, -0.1) is 6.58 Å². The Bertz CT molecular complexity index is 1200. The predicted molar refractivity (Wildman–Crippen MR) is 156 cm³/mol. The van der Waals surface area contributed by atoms with Gasteiger partial charge in [0.05, 0.1) is 12.0 Å².